The zero-order chi connectivity index (χ0) is 19.6. The van der Waals surface area contributed by atoms with Gasteiger partial charge in [-0.15, -0.1) is 0 Å². The van der Waals surface area contributed by atoms with Crippen LogP contribution in [0.25, 0.3) is 0 Å². The maximum atomic E-state index is 12.5. The van der Waals surface area contributed by atoms with Gasteiger partial charge in [-0.2, -0.15) is 0 Å². The summed E-state index contributed by atoms with van der Waals surface area (Å²) in [4.78, 5) is 34.4. The molecule has 2 aromatic rings. The minimum absolute atomic E-state index is 0.150. The number of hydrogen-bond acceptors (Lipinski definition) is 5. The molecular weight excluding hydrogens is 350 g/mol. The first-order valence-corrected chi connectivity index (χ1v) is 8.54. The van der Waals surface area contributed by atoms with Crippen molar-refractivity contribution in [2.24, 2.45) is 0 Å². The highest BCUT2D eigenvalue weighted by molar-refractivity contribution is 6.05. The SMILES string of the molecule is CC(C(=O)O)c1cccc(NC(=O)c2ccc(NC3CC3)c([N+](=O)[O-])c2)c1. The molecule has 3 rings (SSSR count). The first-order chi connectivity index (χ1) is 12.8. The number of rotatable bonds is 7. The van der Waals surface area contributed by atoms with Crippen molar-refractivity contribution in [3.05, 3.63) is 63.7 Å². The number of nitro benzene ring substituents is 1. The number of carbonyl (C=O) groups excluding carboxylic acids is 1. The second-order valence-corrected chi connectivity index (χ2v) is 6.55. The fourth-order valence-electron chi connectivity index (χ4n) is 2.63. The summed E-state index contributed by atoms with van der Waals surface area (Å²) < 4.78 is 0. The van der Waals surface area contributed by atoms with Gasteiger partial charge in [0.05, 0.1) is 10.8 Å². The molecule has 140 valence electrons. The van der Waals surface area contributed by atoms with Gasteiger partial charge in [0, 0.05) is 23.4 Å². The molecular formula is C19H19N3O5. The second kappa shape index (κ2) is 7.45. The zero-order valence-corrected chi connectivity index (χ0v) is 14.6. The van der Waals surface area contributed by atoms with Crippen LogP contribution in [0.15, 0.2) is 42.5 Å². The van der Waals surface area contributed by atoms with Gasteiger partial charge in [0.1, 0.15) is 5.69 Å². The van der Waals surface area contributed by atoms with Gasteiger partial charge in [-0.05, 0) is 49.6 Å². The van der Waals surface area contributed by atoms with Crippen LogP contribution in [0.3, 0.4) is 0 Å². The van der Waals surface area contributed by atoms with Gasteiger partial charge in [0.15, 0.2) is 0 Å². The van der Waals surface area contributed by atoms with E-state index < -0.39 is 22.7 Å². The molecule has 0 heterocycles. The molecule has 2 aromatic carbocycles. The topological polar surface area (TPSA) is 122 Å². The third-order valence-electron chi connectivity index (χ3n) is 4.41. The largest absolute Gasteiger partial charge is 0.481 e. The van der Waals surface area contributed by atoms with Crippen molar-refractivity contribution in [2.45, 2.75) is 31.7 Å². The lowest BCUT2D eigenvalue weighted by Gasteiger charge is -2.11. The van der Waals surface area contributed by atoms with Gasteiger partial charge < -0.3 is 15.7 Å². The van der Waals surface area contributed by atoms with Crippen molar-refractivity contribution in [2.75, 3.05) is 10.6 Å². The Morgan fingerprint density at radius 2 is 1.96 bits per heavy atom. The van der Waals surface area contributed by atoms with Crippen LogP contribution in [0.4, 0.5) is 17.1 Å². The zero-order valence-electron chi connectivity index (χ0n) is 14.6. The molecule has 1 unspecified atom stereocenters. The van der Waals surface area contributed by atoms with E-state index >= 15 is 0 Å². The highest BCUT2D eigenvalue weighted by atomic mass is 16.6. The summed E-state index contributed by atoms with van der Waals surface area (Å²) in [6.45, 7) is 1.55. The Labute approximate surface area is 155 Å². The predicted octanol–water partition coefficient (Wildman–Crippen LogP) is 3.61. The monoisotopic (exact) mass is 369 g/mol. The summed E-state index contributed by atoms with van der Waals surface area (Å²) >= 11 is 0. The first kappa shape index (κ1) is 18.4. The summed E-state index contributed by atoms with van der Waals surface area (Å²) in [7, 11) is 0. The molecule has 8 nitrogen and oxygen atoms in total. The lowest BCUT2D eigenvalue weighted by atomic mass is 10.0. The Morgan fingerprint density at radius 3 is 2.59 bits per heavy atom. The Morgan fingerprint density at radius 1 is 1.22 bits per heavy atom. The number of carboxylic acid groups (broad SMARTS) is 1. The van der Waals surface area contributed by atoms with E-state index in [4.69, 9.17) is 5.11 Å². The normalized spacial score (nSPS) is 14.3. The van der Waals surface area contributed by atoms with Gasteiger partial charge in [-0.3, -0.25) is 19.7 Å². The van der Waals surface area contributed by atoms with Gasteiger partial charge >= 0.3 is 5.97 Å². The van der Waals surface area contributed by atoms with Gasteiger partial charge in [-0.25, -0.2) is 0 Å². The Hall–Kier alpha value is -3.42. The summed E-state index contributed by atoms with van der Waals surface area (Å²) in [5.41, 5.74) is 1.38. The van der Waals surface area contributed by atoms with Crippen molar-refractivity contribution >= 4 is 28.9 Å². The van der Waals surface area contributed by atoms with E-state index in [2.05, 4.69) is 10.6 Å². The van der Waals surface area contributed by atoms with Crippen molar-refractivity contribution in [1.82, 2.24) is 0 Å². The van der Waals surface area contributed by atoms with E-state index in [9.17, 15) is 19.7 Å². The molecule has 8 heteroatoms. The summed E-state index contributed by atoms with van der Waals surface area (Å²) in [5, 5.41) is 26.2. The van der Waals surface area contributed by atoms with Crippen LogP contribution in [0.5, 0.6) is 0 Å². The lowest BCUT2D eigenvalue weighted by molar-refractivity contribution is -0.384. The van der Waals surface area contributed by atoms with E-state index in [1.54, 1.807) is 31.2 Å². The van der Waals surface area contributed by atoms with Crippen LogP contribution < -0.4 is 10.6 Å². The Kier molecular flexibility index (Phi) is 5.07. The molecule has 1 fully saturated rings. The molecule has 0 aliphatic heterocycles. The molecule has 0 aromatic heterocycles. The number of amides is 1. The lowest BCUT2D eigenvalue weighted by Crippen LogP contribution is -2.14. The Balaban J connectivity index is 1.79. The van der Waals surface area contributed by atoms with Crippen LogP contribution in [-0.2, 0) is 4.79 Å². The number of aliphatic carboxylic acids is 1. The molecule has 0 spiro atoms. The minimum Gasteiger partial charge on any atom is -0.481 e. The van der Waals surface area contributed by atoms with E-state index in [-0.39, 0.29) is 17.3 Å². The van der Waals surface area contributed by atoms with E-state index in [0.717, 1.165) is 12.8 Å². The van der Waals surface area contributed by atoms with Crippen LogP contribution in [0, 0.1) is 10.1 Å². The third kappa shape index (κ3) is 4.41. The summed E-state index contributed by atoms with van der Waals surface area (Å²) in [6.07, 6.45) is 1.95. The molecule has 1 aliphatic carbocycles. The van der Waals surface area contributed by atoms with Crippen LogP contribution in [0.1, 0.15) is 41.6 Å². The fraction of sp³-hybridized carbons (Fsp3) is 0.263. The van der Waals surface area contributed by atoms with E-state index in [1.807, 2.05) is 0 Å². The van der Waals surface area contributed by atoms with Crippen molar-refractivity contribution < 1.29 is 19.6 Å². The number of hydrogen-bond donors (Lipinski definition) is 3. The minimum atomic E-state index is -0.965. The molecule has 0 bridgehead atoms. The first-order valence-electron chi connectivity index (χ1n) is 8.54. The highest BCUT2D eigenvalue weighted by Crippen LogP contribution is 2.31. The van der Waals surface area contributed by atoms with Gasteiger partial charge in [0.25, 0.3) is 11.6 Å². The van der Waals surface area contributed by atoms with E-state index in [1.165, 1.54) is 18.2 Å². The Bertz CT molecular complexity index is 908. The second-order valence-electron chi connectivity index (χ2n) is 6.55. The molecule has 0 radical (unpaired) electrons. The van der Waals surface area contributed by atoms with Crippen molar-refractivity contribution in [3.63, 3.8) is 0 Å². The molecule has 1 atom stereocenters. The number of nitro groups is 1. The van der Waals surface area contributed by atoms with Crippen LogP contribution in [-0.4, -0.2) is 27.9 Å². The average molecular weight is 369 g/mol. The standard InChI is InChI=1S/C19H19N3O5/c1-11(19(24)25)12-3-2-4-15(9-12)21-18(23)13-5-8-16(20-14-6-7-14)17(10-13)22(26)27/h2-5,8-11,14,20H,6-7H2,1H3,(H,21,23)(H,24,25). The number of carboxylic acids is 1. The molecule has 27 heavy (non-hydrogen) atoms. The molecule has 3 N–H and O–H groups in total. The molecule has 1 saturated carbocycles. The average Bonchev–Trinajstić information content (AvgIpc) is 3.45. The van der Waals surface area contributed by atoms with Crippen LogP contribution in [0.2, 0.25) is 0 Å². The highest BCUT2D eigenvalue weighted by Gasteiger charge is 2.25. The van der Waals surface area contributed by atoms with Crippen LogP contribution >= 0.6 is 0 Å². The molecule has 1 aliphatic rings. The maximum Gasteiger partial charge on any atom is 0.310 e. The van der Waals surface area contributed by atoms with Gasteiger partial charge in [0.2, 0.25) is 0 Å². The quantitative estimate of drug-likeness (QED) is 0.506. The molecule has 0 saturated heterocycles. The van der Waals surface area contributed by atoms with E-state index in [0.29, 0.717) is 16.9 Å². The summed E-state index contributed by atoms with van der Waals surface area (Å²) in [6, 6.07) is 11.1. The fourth-order valence-corrected chi connectivity index (χ4v) is 2.63. The maximum absolute atomic E-state index is 12.5. The van der Waals surface area contributed by atoms with Gasteiger partial charge in [-0.1, -0.05) is 12.1 Å². The number of nitrogens with one attached hydrogen (secondary N) is 2. The predicted molar refractivity (Wildman–Crippen MR) is 100 cm³/mol. The smallest absolute Gasteiger partial charge is 0.310 e. The number of nitrogens with zero attached hydrogens (tertiary/aromatic N) is 1. The number of anilines is 2. The summed E-state index contributed by atoms with van der Waals surface area (Å²) in [5.74, 6) is -2.18. The number of benzene rings is 2. The number of carbonyl (C=O) groups is 2. The van der Waals surface area contributed by atoms with Crippen molar-refractivity contribution in [1.29, 1.82) is 0 Å². The molecule has 1 amide bonds. The van der Waals surface area contributed by atoms with Crippen molar-refractivity contribution in [3.8, 4) is 0 Å². The third-order valence-corrected chi connectivity index (χ3v) is 4.41.